The van der Waals surface area contributed by atoms with Crippen LogP contribution in [-0.4, -0.2) is 11.0 Å². The SMILES string of the molecule is CC(O)(C(N)=O)c1ccc(-c2ccccc2)cc1. The van der Waals surface area contributed by atoms with Gasteiger partial charge in [-0.15, -0.1) is 0 Å². The first-order valence-electron chi connectivity index (χ1n) is 5.70. The van der Waals surface area contributed by atoms with E-state index in [1.54, 1.807) is 12.1 Å². The molecule has 1 unspecified atom stereocenters. The Morgan fingerprint density at radius 1 is 1.00 bits per heavy atom. The van der Waals surface area contributed by atoms with Gasteiger partial charge in [-0.05, 0) is 23.6 Å². The highest BCUT2D eigenvalue weighted by Gasteiger charge is 2.29. The summed E-state index contributed by atoms with van der Waals surface area (Å²) in [7, 11) is 0. The van der Waals surface area contributed by atoms with Crippen molar-refractivity contribution in [2.45, 2.75) is 12.5 Å². The lowest BCUT2D eigenvalue weighted by Crippen LogP contribution is -2.38. The van der Waals surface area contributed by atoms with Crippen molar-refractivity contribution < 1.29 is 9.90 Å². The highest BCUT2D eigenvalue weighted by atomic mass is 16.3. The van der Waals surface area contributed by atoms with Crippen LogP contribution in [0.3, 0.4) is 0 Å². The van der Waals surface area contributed by atoms with Gasteiger partial charge in [0.25, 0.3) is 5.91 Å². The highest BCUT2D eigenvalue weighted by molar-refractivity contribution is 5.84. The number of carbonyl (C=O) groups excluding carboxylic acids is 1. The second-order valence-electron chi connectivity index (χ2n) is 4.38. The van der Waals surface area contributed by atoms with E-state index in [-0.39, 0.29) is 0 Å². The van der Waals surface area contributed by atoms with Gasteiger partial charge in [0, 0.05) is 0 Å². The summed E-state index contributed by atoms with van der Waals surface area (Å²) >= 11 is 0. The zero-order valence-corrected chi connectivity index (χ0v) is 10.1. The molecular formula is C15H15NO2. The van der Waals surface area contributed by atoms with Crippen LogP contribution in [0.5, 0.6) is 0 Å². The maximum absolute atomic E-state index is 11.1. The van der Waals surface area contributed by atoms with Gasteiger partial charge >= 0.3 is 0 Å². The molecule has 0 spiro atoms. The molecular weight excluding hydrogens is 226 g/mol. The molecule has 1 atom stereocenters. The van der Waals surface area contributed by atoms with Gasteiger partial charge in [-0.1, -0.05) is 54.6 Å². The van der Waals surface area contributed by atoms with Crippen LogP contribution in [0.15, 0.2) is 54.6 Å². The Hall–Kier alpha value is -2.13. The summed E-state index contributed by atoms with van der Waals surface area (Å²) in [5.74, 6) is -0.755. The summed E-state index contributed by atoms with van der Waals surface area (Å²) in [6.45, 7) is 1.40. The van der Waals surface area contributed by atoms with Gasteiger partial charge in [-0.2, -0.15) is 0 Å². The average Bonchev–Trinajstić information content (AvgIpc) is 2.40. The fraction of sp³-hybridized carbons (Fsp3) is 0.133. The number of rotatable bonds is 3. The van der Waals surface area contributed by atoms with Crippen molar-refractivity contribution in [1.82, 2.24) is 0 Å². The predicted molar refractivity (Wildman–Crippen MR) is 70.6 cm³/mol. The summed E-state index contributed by atoms with van der Waals surface area (Å²) in [6, 6.07) is 17.0. The van der Waals surface area contributed by atoms with Gasteiger partial charge in [0.1, 0.15) is 0 Å². The maximum Gasteiger partial charge on any atom is 0.253 e. The van der Waals surface area contributed by atoms with Gasteiger partial charge in [0.2, 0.25) is 0 Å². The molecule has 0 aliphatic carbocycles. The third kappa shape index (κ3) is 2.26. The van der Waals surface area contributed by atoms with Crippen LogP contribution >= 0.6 is 0 Å². The van der Waals surface area contributed by atoms with Crippen molar-refractivity contribution in [3.63, 3.8) is 0 Å². The van der Waals surface area contributed by atoms with E-state index in [0.29, 0.717) is 5.56 Å². The zero-order chi connectivity index (χ0) is 13.2. The first-order valence-corrected chi connectivity index (χ1v) is 5.70. The number of amides is 1. The number of hydrogen-bond acceptors (Lipinski definition) is 2. The molecule has 0 aliphatic heterocycles. The average molecular weight is 241 g/mol. The van der Waals surface area contributed by atoms with E-state index < -0.39 is 11.5 Å². The zero-order valence-electron chi connectivity index (χ0n) is 10.1. The fourth-order valence-corrected chi connectivity index (χ4v) is 1.76. The van der Waals surface area contributed by atoms with Crippen molar-refractivity contribution in [3.05, 3.63) is 60.2 Å². The first-order chi connectivity index (χ1) is 8.51. The number of benzene rings is 2. The summed E-state index contributed by atoms with van der Waals surface area (Å²) in [6.07, 6.45) is 0. The molecule has 0 saturated carbocycles. The van der Waals surface area contributed by atoms with Crippen LogP contribution in [0.25, 0.3) is 11.1 Å². The van der Waals surface area contributed by atoms with Crippen molar-refractivity contribution in [2.24, 2.45) is 5.73 Å². The number of carbonyl (C=O) groups is 1. The number of primary amides is 1. The molecule has 0 fully saturated rings. The predicted octanol–water partition coefficient (Wildman–Crippen LogP) is 2.05. The lowest BCUT2D eigenvalue weighted by atomic mass is 9.93. The van der Waals surface area contributed by atoms with Crippen molar-refractivity contribution >= 4 is 5.91 Å². The number of hydrogen-bond donors (Lipinski definition) is 2. The van der Waals surface area contributed by atoms with E-state index in [2.05, 4.69) is 0 Å². The summed E-state index contributed by atoms with van der Waals surface area (Å²) in [4.78, 5) is 11.1. The quantitative estimate of drug-likeness (QED) is 0.863. The van der Waals surface area contributed by atoms with Crippen LogP contribution in [0.2, 0.25) is 0 Å². The molecule has 2 aromatic carbocycles. The Labute approximate surface area is 106 Å². The van der Waals surface area contributed by atoms with Gasteiger partial charge in [0.05, 0.1) is 0 Å². The molecule has 0 aliphatic rings. The van der Waals surface area contributed by atoms with Gasteiger partial charge in [0.15, 0.2) is 5.60 Å². The molecule has 0 radical (unpaired) electrons. The largest absolute Gasteiger partial charge is 0.376 e. The van der Waals surface area contributed by atoms with E-state index in [1.165, 1.54) is 6.92 Å². The van der Waals surface area contributed by atoms with Crippen LogP contribution in [0.4, 0.5) is 0 Å². The lowest BCUT2D eigenvalue weighted by molar-refractivity contribution is -0.135. The second kappa shape index (κ2) is 4.63. The Morgan fingerprint density at radius 3 is 2.00 bits per heavy atom. The molecule has 0 aromatic heterocycles. The molecule has 0 heterocycles. The summed E-state index contributed by atoms with van der Waals surface area (Å²) in [5, 5.41) is 9.95. The molecule has 92 valence electrons. The van der Waals surface area contributed by atoms with Crippen LogP contribution in [0.1, 0.15) is 12.5 Å². The minimum atomic E-state index is -1.63. The van der Waals surface area contributed by atoms with Gasteiger partial charge < -0.3 is 10.8 Å². The van der Waals surface area contributed by atoms with E-state index in [1.807, 2.05) is 42.5 Å². The highest BCUT2D eigenvalue weighted by Crippen LogP contribution is 2.24. The van der Waals surface area contributed by atoms with E-state index in [4.69, 9.17) is 5.73 Å². The lowest BCUT2D eigenvalue weighted by Gasteiger charge is -2.19. The van der Waals surface area contributed by atoms with Crippen molar-refractivity contribution in [2.75, 3.05) is 0 Å². The summed E-state index contributed by atoms with van der Waals surface area (Å²) in [5.41, 5.74) is 6.14. The van der Waals surface area contributed by atoms with Gasteiger partial charge in [-0.3, -0.25) is 4.79 Å². The van der Waals surface area contributed by atoms with Gasteiger partial charge in [-0.25, -0.2) is 0 Å². The van der Waals surface area contributed by atoms with Crippen LogP contribution in [0, 0.1) is 0 Å². The number of nitrogens with two attached hydrogens (primary N) is 1. The minimum absolute atomic E-state index is 0.495. The van der Waals surface area contributed by atoms with E-state index in [9.17, 15) is 9.90 Å². The monoisotopic (exact) mass is 241 g/mol. The molecule has 0 bridgehead atoms. The molecule has 18 heavy (non-hydrogen) atoms. The molecule has 1 amide bonds. The smallest absolute Gasteiger partial charge is 0.253 e. The molecule has 2 aromatic rings. The Morgan fingerprint density at radius 2 is 1.50 bits per heavy atom. The molecule has 2 rings (SSSR count). The summed E-state index contributed by atoms with van der Waals surface area (Å²) < 4.78 is 0. The maximum atomic E-state index is 11.1. The van der Waals surface area contributed by atoms with Crippen LogP contribution in [-0.2, 0) is 10.4 Å². The van der Waals surface area contributed by atoms with Crippen molar-refractivity contribution in [1.29, 1.82) is 0 Å². The van der Waals surface area contributed by atoms with E-state index in [0.717, 1.165) is 11.1 Å². The molecule has 0 saturated heterocycles. The standard InChI is InChI=1S/C15H15NO2/c1-15(18,14(16)17)13-9-7-12(8-10-13)11-5-3-2-4-6-11/h2-10,18H,1H3,(H2,16,17). The Balaban J connectivity index is 2.35. The third-order valence-corrected chi connectivity index (χ3v) is 3.03. The Bertz CT molecular complexity index is 544. The Kier molecular flexibility index (Phi) is 3.17. The molecule has 3 N–H and O–H groups in total. The third-order valence-electron chi connectivity index (χ3n) is 3.03. The number of aliphatic hydroxyl groups is 1. The van der Waals surface area contributed by atoms with Crippen LogP contribution < -0.4 is 5.73 Å². The second-order valence-corrected chi connectivity index (χ2v) is 4.38. The molecule has 3 nitrogen and oxygen atoms in total. The fourth-order valence-electron chi connectivity index (χ4n) is 1.76. The van der Waals surface area contributed by atoms with Crippen molar-refractivity contribution in [3.8, 4) is 11.1 Å². The van der Waals surface area contributed by atoms with E-state index >= 15 is 0 Å². The normalized spacial score (nSPS) is 13.9. The molecule has 3 heteroatoms. The topological polar surface area (TPSA) is 63.3 Å². The minimum Gasteiger partial charge on any atom is -0.376 e. The first kappa shape index (κ1) is 12.3.